The highest BCUT2D eigenvalue weighted by Crippen LogP contribution is 2.37. The average Bonchev–Trinajstić information content (AvgIpc) is 3.03. The summed E-state index contributed by atoms with van der Waals surface area (Å²) in [6.07, 6.45) is 0.830. The molecule has 0 spiro atoms. The number of nitrogens with two attached hydrogens (primary N) is 1. The molecule has 0 amide bonds. The second kappa shape index (κ2) is 6.26. The highest BCUT2D eigenvalue weighted by Gasteiger charge is 2.33. The van der Waals surface area contributed by atoms with Crippen LogP contribution in [0, 0.1) is 11.8 Å². The highest BCUT2D eigenvalue weighted by molar-refractivity contribution is 5.51. The number of aliphatic hydroxyl groups is 1. The van der Waals surface area contributed by atoms with Crippen molar-refractivity contribution in [2.75, 3.05) is 32.5 Å². The standard InChI is InChI=1S/C15H24N2O2/c1-11-7-12(11)8-17(2)9-13(18)10-19-15-6-4-3-5-14(15)16/h3-6,11-13,18H,7-10,16H2,1-2H3. The van der Waals surface area contributed by atoms with Gasteiger partial charge in [-0.25, -0.2) is 0 Å². The van der Waals surface area contributed by atoms with Gasteiger partial charge in [0.05, 0.1) is 5.69 Å². The number of aliphatic hydroxyl groups excluding tert-OH is 1. The third-order valence-electron chi connectivity index (χ3n) is 3.69. The summed E-state index contributed by atoms with van der Waals surface area (Å²) in [5.41, 5.74) is 6.39. The van der Waals surface area contributed by atoms with Crippen molar-refractivity contribution in [1.29, 1.82) is 0 Å². The van der Waals surface area contributed by atoms with E-state index in [9.17, 15) is 5.11 Å². The van der Waals surface area contributed by atoms with Crippen LogP contribution >= 0.6 is 0 Å². The van der Waals surface area contributed by atoms with Gasteiger partial charge in [0.1, 0.15) is 18.5 Å². The van der Waals surface area contributed by atoms with Gasteiger partial charge in [-0.15, -0.1) is 0 Å². The van der Waals surface area contributed by atoms with Crippen LogP contribution < -0.4 is 10.5 Å². The van der Waals surface area contributed by atoms with Crippen molar-refractivity contribution in [3.8, 4) is 5.75 Å². The molecule has 4 heteroatoms. The zero-order valence-corrected chi connectivity index (χ0v) is 11.7. The Balaban J connectivity index is 1.69. The van der Waals surface area contributed by atoms with Crippen LogP contribution in [0.4, 0.5) is 5.69 Å². The Morgan fingerprint density at radius 1 is 1.47 bits per heavy atom. The summed E-state index contributed by atoms with van der Waals surface area (Å²) in [7, 11) is 2.05. The first-order valence-corrected chi connectivity index (χ1v) is 6.90. The van der Waals surface area contributed by atoms with E-state index in [1.807, 2.05) is 25.2 Å². The van der Waals surface area contributed by atoms with Crippen molar-refractivity contribution in [2.24, 2.45) is 11.8 Å². The SMILES string of the molecule is CC1CC1CN(C)CC(O)COc1ccccc1N. The topological polar surface area (TPSA) is 58.7 Å². The molecule has 3 N–H and O–H groups in total. The van der Waals surface area contributed by atoms with Crippen LogP contribution in [-0.4, -0.2) is 42.9 Å². The Kier molecular flexibility index (Phi) is 4.66. The molecule has 0 heterocycles. The van der Waals surface area contributed by atoms with Gasteiger partial charge in [0.25, 0.3) is 0 Å². The first-order chi connectivity index (χ1) is 9.06. The fourth-order valence-electron chi connectivity index (χ4n) is 2.34. The molecule has 0 saturated heterocycles. The summed E-state index contributed by atoms with van der Waals surface area (Å²) in [5, 5.41) is 9.96. The zero-order valence-electron chi connectivity index (χ0n) is 11.7. The highest BCUT2D eigenvalue weighted by atomic mass is 16.5. The minimum absolute atomic E-state index is 0.277. The number of ether oxygens (including phenoxy) is 1. The summed E-state index contributed by atoms with van der Waals surface area (Å²) < 4.78 is 5.54. The molecule has 0 bridgehead atoms. The maximum absolute atomic E-state index is 9.96. The molecule has 19 heavy (non-hydrogen) atoms. The predicted octanol–water partition coefficient (Wildman–Crippen LogP) is 1.60. The summed E-state index contributed by atoms with van der Waals surface area (Å²) in [6.45, 7) is 4.25. The van der Waals surface area contributed by atoms with Crippen LogP contribution in [0.2, 0.25) is 0 Å². The largest absolute Gasteiger partial charge is 0.489 e. The first kappa shape index (κ1) is 14.2. The number of nitrogen functional groups attached to an aromatic ring is 1. The van der Waals surface area contributed by atoms with Gasteiger partial charge >= 0.3 is 0 Å². The monoisotopic (exact) mass is 264 g/mol. The molecule has 0 aromatic heterocycles. The third-order valence-corrected chi connectivity index (χ3v) is 3.69. The molecule has 0 aliphatic heterocycles. The van der Waals surface area contributed by atoms with Gasteiger partial charge in [0.2, 0.25) is 0 Å². The Labute approximate surface area is 115 Å². The van der Waals surface area contributed by atoms with Crippen LogP contribution in [0.1, 0.15) is 13.3 Å². The molecule has 1 aliphatic rings. The lowest BCUT2D eigenvalue weighted by atomic mass is 10.3. The lowest BCUT2D eigenvalue weighted by Gasteiger charge is -2.21. The van der Waals surface area contributed by atoms with Crippen LogP contribution in [-0.2, 0) is 0 Å². The van der Waals surface area contributed by atoms with Crippen LogP contribution in [0.3, 0.4) is 0 Å². The van der Waals surface area contributed by atoms with Gasteiger partial charge in [-0.2, -0.15) is 0 Å². The van der Waals surface area contributed by atoms with Crippen molar-refractivity contribution >= 4 is 5.69 Å². The molecule has 106 valence electrons. The van der Waals surface area contributed by atoms with E-state index in [-0.39, 0.29) is 6.61 Å². The van der Waals surface area contributed by atoms with Gasteiger partial charge in [0.15, 0.2) is 0 Å². The lowest BCUT2D eigenvalue weighted by Crippen LogP contribution is -2.34. The second-order valence-corrected chi connectivity index (χ2v) is 5.70. The maximum atomic E-state index is 9.96. The number of para-hydroxylation sites is 2. The van der Waals surface area contributed by atoms with Gasteiger partial charge in [-0.1, -0.05) is 19.1 Å². The molecule has 2 rings (SSSR count). The fourth-order valence-corrected chi connectivity index (χ4v) is 2.34. The number of hydrogen-bond donors (Lipinski definition) is 2. The Hall–Kier alpha value is -1.26. The van der Waals surface area contributed by atoms with Crippen molar-refractivity contribution in [3.05, 3.63) is 24.3 Å². The molecule has 3 atom stereocenters. The minimum atomic E-state index is -0.487. The van der Waals surface area contributed by atoms with Crippen molar-refractivity contribution < 1.29 is 9.84 Å². The molecular formula is C15H24N2O2. The maximum Gasteiger partial charge on any atom is 0.142 e. The number of anilines is 1. The van der Waals surface area contributed by atoms with E-state index in [0.717, 1.165) is 18.4 Å². The van der Waals surface area contributed by atoms with Crippen molar-refractivity contribution in [1.82, 2.24) is 4.90 Å². The number of rotatable bonds is 7. The average molecular weight is 264 g/mol. The minimum Gasteiger partial charge on any atom is -0.489 e. The summed E-state index contributed by atoms with van der Waals surface area (Å²) in [6, 6.07) is 7.35. The Morgan fingerprint density at radius 2 is 2.16 bits per heavy atom. The van der Waals surface area contributed by atoms with Gasteiger partial charge in [0, 0.05) is 13.1 Å². The Morgan fingerprint density at radius 3 is 2.79 bits per heavy atom. The molecule has 1 aromatic carbocycles. The summed E-state index contributed by atoms with van der Waals surface area (Å²) in [4.78, 5) is 2.18. The molecule has 1 fully saturated rings. The number of hydrogen-bond acceptors (Lipinski definition) is 4. The van der Waals surface area contributed by atoms with Crippen molar-refractivity contribution in [2.45, 2.75) is 19.4 Å². The van der Waals surface area contributed by atoms with E-state index in [0.29, 0.717) is 18.0 Å². The number of benzene rings is 1. The van der Waals surface area contributed by atoms with E-state index in [1.54, 1.807) is 6.07 Å². The predicted molar refractivity (Wildman–Crippen MR) is 77.1 cm³/mol. The van der Waals surface area contributed by atoms with E-state index in [4.69, 9.17) is 10.5 Å². The van der Waals surface area contributed by atoms with E-state index in [1.165, 1.54) is 6.42 Å². The first-order valence-electron chi connectivity index (χ1n) is 6.90. The fraction of sp³-hybridized carbons (Fsp3) is 0.600. The zero-order chi connectivity index (χ0) is 13.8. The van der Waals surface area contributed by atoms with Crippen LogP contribution in [0.15, 0.2) is 24.3 Å². The second-order valence-electron chi connectivity index (χ2n) is 5.70. The number of nitrogens with zero attached hydrogens (tertiary/aromatic N) is 1. The molecule has 1 aliphatic carbocycles. The van der Waals surface area contributed by atoms with E-state index < -0.39 is 6.10 Å². The quantitative estimate of drug-likeness (QED) is 0.734. The van der Waals surface area contributed by atoms with E-state index >= 15 is 0 Å². The Bertz CT molecular complexity index is 411. The normalized spacial score (nSPS) is 23.4. The molecule has 1 saturated carbocycles. The van der Waals surface area contributed by atoms with E-state index in [2.05, 4.69) is 11.8 Å². The smallest absolute Gasteiger partial charge is 0.142 e. The molecule has 4 nitrogen and oxygen atoms in total. The third kappa shape index (κ3) is 4.40. The summed E-state index contributed by atoms with van der Waals surface area (Å²) >= 11 is 0. The molecular weight excluding hydrogens is 240 g/mol. The molecule has 0 radical (unpaired) electrons. The molecule has 3 unspecified atom stereocenters. The lowest BCUT2D eigenvalue weighted by molar-refractivity contribution is 0.0750. The summed E-state index contributed by atoms with van der Waals surface area (Å²) in [5.74, 6) is 2.29. The number of likely N-dealkylation sites (N-methyl/N-ethyl adjacent to an activating group) is 1. The van der Waals surface area contributed by atoms with Gasteiger partial charge in [-0.05, 0) is 37.4 Å². The van der Waals surface area contributed by atoms with Gasteiger partial charge in [-0.3, -0.25) is 0 Å². The van der Waals surface area contributed by atoms with Crippen molar-refractivity contribution in [3.63, 3.8) is 0 Å². The molecule has 1 aromatic rings. The van der Waals surface area contributed by atoms with Crippen LogP contribution in [0.25, 0.3) is 0 Å². The van der Waals surface area contributed by atoms with Crippen LogP contribution in [0.5, 0.6) is 5.75 Å². The van der Waals surface area contributed by atoms with Gasteiger partial charge < -0.3 is 20.5 Å².